The number of carbonyl (C=O) groups excluding carboxylic acids is 1. The normalized spacial score (nSPS) is 16.2. The van der Waals surface area contributed by atoms with Crippen molar-refractivity contribution in [3.63, 3.8) is 0 Å². The first-order valence-electron chi connectivity index (χ1n) is 11.4. The number of aromatic nitrogens is 6. The maximum Gasteiger partial charge on any atom is 0.220 e. The number of hydrogen-bond acceptors (Lipinski definition) is 6. The zero-order chi connectivity index (χ0) is 22.3. The minimum Gasteiger partial charge on any atom is -0.349 e. The van der Waals surface area contributed by atoms with Gasteiger partial charge in [-0.1, -0.05) is 25.1 Å². The van der Waals surface area contributed by atoms with Crippen molar-refractivity contribution >= 4 is 5.91 Å². The SMILES string of the molecule is CC1CCN(Cc2nnnn2CCCC(=O)NC(C)c2cnn(-c3ccccc3)c2)CC1. The molecule has 1 aliphatic rings. The number of nitrogens with zero attached hydrogens (tertiary/aromatic N) is 7. The molecule has 1 saturated heterocycles. The van der Waals surface area contributed by atoms with Crippen LogP contribution in [0, 0.1) is 5.92 Å². The van der Waals surface area contributed by atoms with Gasteiger partial charge in [-0.05, 0) is 67.8 Å². The Hall–Kier alpha value is -3.07. The average molecular weight is 437 g/mol. The number of nitrogens with one attached hydrogen (secondary N) is 1. The third kappa shape index (κ3) is 5.79. The Balaban J connectivity index is 1.22. The van der Waals surface area contributed by atoms with Gasteiger partial charge in [0.05, 0.1) is 24.5 Å². The highest BCUT2D eigenvalue weighted by Gasteiger charge is 2.18. The highest BCUT2D eigenvalue weighted by atomic mass is 16.1. The summed E-state index contributed by atoms with van der Waals surface area (Å²) in [5.74, 6) is 1.70. The molecule has 0 spiro atoms. The number of carbonyl (C=O) groups is 1. The molecule has 32 heavy (non-hydrogen) atoms. The van der Waals surface area contributed by atoms with Gasteiger partial charge in [0.2, 0.25) is 5.91 Å². The van der Waals surface area contributed by atoms with Crippen molar-refractivity contribution in [3.8, 4) is 5.69 Å². The number of hydrogen-bond donors (Lipinski definition) is 1. The molecule has 1 fully saturated rings. The van der Waals surface area contributed by atoms with E-state index in [0.717, 1.165) is 42.6 Å². The van der Waals surface area contributed by atoms with E-state index in [0.29, 0.717) is 19.4 Å². The molecule has 1 amide bonds. The third-order valence-corrected chi connectivity index (χ3v) is 6.12. The topological polar surface area (TPSA) is 93.8 Å². The van der Waals surface area contributed by atoms with Crippen LogP contribution in [0.1, 0.15) is 57.0 Å². The van der Waals surface area contributed by atoms with Crippen molar-refractivity contribution in [2.45, 2.75) is 58.7 Å². The van der Waals surface area contributed by atoms with Gasteiger partial charge < -0.3 is 5.32 Å². The number of para-hydroxylation sites is 1. The van der Waals surface area contributed by atoms with Crippen molar-refractivity contribution < 1.29 is 4.79 Å². The standard InChI is InChI=1S/C23H32N8O/c1-18-10-13-29(14-11-18)17-22-26-27-28-30(22)12-6-9-23(32)25-19(2)20-15-24-31(16-20)21-7-4-3-5-8-21/h3-5,7-8,15-16,18-19H,6,9-14,17H2,1-2H3,(H,25,32). The second-order valence-corrected chi connectivity index (χ2v) is 8.72. The van der Waals surface area contributed by atoms with Crippen LogP contribution in [0.3, 0.4) is 0 Å². The third-order valence-electron chi connectivity index (χ3n) is 6.12. The van der Waals surface area contributed by atoms with E-state index >= 15 is 0 Å². The second kappa shape index (κ2) is 10.5. The number of aryl methyl sites for hydroxylation is 1. The van der Waals surface area contributed by atoms with Gasteiger partial charge in [0.1, 0.15) is 0 Å². The molecular formula is C23H32N8O. The Kier molecular flexibility index (Phi) is 7.26. The van der Waals surface area contributed by atoms with Gasteiger partial charge in [-0.2, -0.15) is 5.10 Å². The smallest absolute Gasteiger partial charge is 0.220 e. The minimum atomic E-state index is -0.106. The van der Waals surface area contributed by atoms with E-state index in [1.807, 2.05) is 52.8 Å². The molecule has 9 heteroatoms. The van der Waals surface area contributed by atoms with Gasteiger partial charge in [-0.25, -0.2) is 9.36 Å². The summed E-state index contributed by atoms with van der Waals surface area (Å²) >= 11 is 0. The molecule has 0 aliphatic carbocycles. The highest BCUT2D eigenvalue weighted by molar-refractivity contribution is 5.76. The first-order chi connectivity index (χ1) is 15.6. The van der Waals surface area contributed by atoms with Gasteiger partial charge in [-0.3, -0.25) is 9.69 Å². The summed E-state index contributed by atoms with van der Waals surface area (Å²) in [5.41, 5.74) is 1.97. The number of tetrazole rings is 1. The maximum atomic E-state index is 12.5. The molecule has 3 aromatic rings. The number of likely N-dealkylation sites (tertiary alicyclic amines) is 1. The summed E-state index contributed by atoms with van der Waals surface area (Å²) in [6.45, 7) is 7.88. The van der Waals surface area contributed by atoms with E-state index in [2.05, 4.69) is 37.8 Å². The van der Waals surface area contributed by atoms with E-state index in [1.54, 1.807) is 6.20 Å². The summed E-state index contributed by atoms with van der Waals surface area (Å²) in [6, 6.07) is 9.82. The molecule has 1 N–H and O–H groups in total. The molecule has 0 radical (unpaired) electrons. The summed E-state index contributed by atoms with van der Waals surface area (Å²) in [6.07, 6.45) is 7.32. The number of amides is 1. The Bertz CT molecular complexity index is 990. The largest absolute Gasteiger partial charge is 0.349 e. The van der Waals surface area contributed by atoms with Crippen molar-refractivity contribution in [1.82, 2.24) is 40.2 Å². The summed E-state index contributed by atoms with van der Waals surface area (Å²) in [5, 5.41) is 19.6. The zero-order valence-corrected chi connectivity index (χ0v) is 18.9. The lowest BCUT2D eigenvalue weighted by atomic mass is 9.99. The van der Waals surface area contributed by atoms with Crippen LogP contribution >= 0.6 is 0 Å². The van der Waals surface area contributed by atoms with Crippen LogP contribution in [-0.2, 0) is 17.9 Å². The van der Waals surface area contributed by atoms with E-state index in [1.165, 1.54) is 12.8 Å². The number of benzene rings is 1. The monoisotopic (exact) mass is 436 g/mol. The molecule has 4 rings (SSSR count). The van der Waals surface area contributed by atoms with Crippen LogP contribution in [0.25, 0.3) is 5.69 Å². The Labute approximate surface area is 188 Å². The van der Waals surface area contributed by atoms with Gasteiger partial charge in [0, 0.05) is 24.7 Å². The molecule has 9 nitrogen and oxygen atoms in total. The Morgan fingerprint density at radius 2 is 2.00 bits per heavy atom. The second-order valence-electron chi connectivity index (χ2n) is 8.72. The van der Waals surface area contributed by atoms with Crippen molar-refractivity contribution in [2.75, 3.05) is 13.1 Å². The molecule has 0 bridgehead atoms. The lowest BCUT2D eigenvalue weighted by Gasteiger charge is -2.29. The maximum absolute atomic E-state index is 12.5. The van der Waals surface area contributed by atoms with E-state index in [4.69, 9.17) is 0 Å². The van der Waals surface area contributed by atoms with Crippen LogP contribution in [0.2, 0.25) is 0 Å². The molecule has 1 unspecified atom stereocenters. The van der Waals surface area contributed by atoms with Crippen LogP contribution in [0.4, 0.5) is 0 Å². The summed E-state index contributed by atoms with van der Waals surface area (Å²) < 4.78 is 3.65. The van der Waals surface area contributed by atoms with Crippen molar-refractivity contribution in [2.24, 2.45) is 5.92 Å². The molecular weight excluding hydrogens is 404 g/mol. The first-order valence-corrected chi connectivity index (χ1v) is 11.4. The van der Waals surface area contributed by atoms with Crippen molar-refractivity contribution in [1.29, 1.82) is 0 Å². The highest BCUT2D eigenvalue weighted by Crippen LogP contribution is 2.18. The quantitative estimate of drug-likeness (QED) is 0.554. The summed E-state index contributed by atoms with van der Waals surface area (Å²) in [7, 11) is 0. The average Bonchev–Trinajstić information content (AvgIpc) is 3.46. The fourth-order valence-electron chi connectivity index (χ4n) is 4.00. The molecule has 1 aromatic carbocycles. The van der Waals surface area contributed by atoms with Crippen molar-refractivity contribution in [3.05, 3.63) is 54.1 Å². The van der Waals surface area contributed by atoms with Crippen LogP contribution < -0.4 is 5.32 Å². The molecule has 1 atom stereocenters. The van der Waals surface area contributed by atoms with Crippen LogP contribution in [0.15, 0.2) is 42.7 Å². The zero-order valence-electron chi connectivity index (χ0n) is 18.9. The fourth-order valence-corrected chi connectivity index (χ4v) is 4.00. The lowest BCUT2D eigenvalue weighted by Crippen LogP contribution is -2.33. The number of rotatable bonds is 9. The van der Waals surface area contributed by atoms with E-state index in [-0.39, 0.29) is 11.9 Å². The Morgan fingerprint density at radius 3 is 2.78 bits per heavy atom. The predicted octanol–water partition coefficient (Wildman–Crippen LogP) is 2.75. The predicted molar refractivity (Wildman–Crippen MR) is 121 cm³/mol. The Morgan fingerprint density at radius 1 is 1.22 bits per heavy atom. The fraction of sp³-hybridized carbons (Fsp3) is 0.522. The number of piperidine rings is 1. The van der Waals surface area contributed by atoms with Crippen LogP contribution in [-0.4, -0.2) is 53.9 Å². The molecule has 2 aromatic heterocycles. The minimum absolute atomic E-state index is 0.0182. The van der Waals surface area contributed by atoms with Gasteiger partial charge in [0.25, 0.3) is 0 Å². The first kappa shape index (κ1) is 22.1. The van der Waals surface area contributed by atoms with E-state index in [9.17, 15) is 4.79 Å². The van der Waals surface area contributed by atoms with Crippen LogP contribution in [0.5, 0.6) is 0 Å². The molecule has 170 valence electrons. The van der Waals surface area contributed by atoms with Gasteiger partial charge >= 0.3 is 0 Å². The molecule has 1 aliphatic heterocycles. The van der Waals surface area contributed by atoms with E-state index < -0.39 is 0 Å². The lowest BCUT2D eigenvalue weighted by molar-refractivity contribution is -0.121. The van der Waals surface area contributed by atoms with Gasteiger partial charge in [0.15, 0.2) is 5.82 Å². The molecule has 3 heterocycles. The molecule has 0 saturated carbocycles. The summed E-state index contributed by atoms with van der Waals surface area (Å²) in [4.78, 5) is 14.9. The van der Waals surface area contributed by atoms with Gasteiger partial charge in [-0.15, -0.1) is 5.10 Å².